The summed E-state index contributed by atoms with van der Waals surface area (Å²) in [5, 5.41) is 2.59. The van der Waals surface area contributed by atoms with Gasteiger partial charge in [0.1, 0.15) is 6.04 Å². The largest absolute Gasteiger partial charge is 0.466 e. The molecule has 2 amide bonds. The second kappa shape index (κ2) is 8.81. The monoisotopic (exact) mass is 306 g/mol. The van der Waals surface area contributed by atoms with Crippen molar-refractivity contribution in [2.24, 2.45) is 11.7 Å². The molecular weight excluding hydrogens is 284 g/mol. The summed E-state index contributed by atoms with van der Waals surface area (Å²) in [6.07, 6.45) is 0.170. The molecule has 0 fully saturated rings. The summed E-state index contributed by atoms with van der Waals surface area (Å²) >= 11 is 0. The average Bonchev–Trinajstić information content (AvgIpc) is 2.45. The smallest absolute Gasteiger partial charge is 0.306 e. The van der Waals surface area contributed by atoms with Crippen molar-refractivity contribution in [1.29, 1.82) is 0 Å². The first kappa shape index (κ1) is 17.7. The summed E-state index contributed by atoms with van der Waals surface area (Å²) in [5.41, 5.74) is 6.16. The van der Waals surface area contributed by atoms with E-state index in [1.807, 2.05) is 30.3 Å². The molecule has 1 aromatic rings. The minimum absolute atomic E-state index is 0.0209. The molecule has 0 aliphatic heterocycles. The number of nitrogens with one attached hydrogen (secondary N) is 1. The lowest BCUT2D eigenvalue weighted by Gasteiger charge is -2.21. The molecule has 1 aromatic carbocycles. The Hall–Kier alpha value is -2.37. The van der Waals surface area contributed by atoms with Crippen molar-refractivity contribution in [3.63, 3.8) is 0 Å². The molecule has 0 saturated carbocycles. The van der Waals surface area contributed by atoms with Crippen molar-refractivity contribution >= 4 is 17.8 Å². The zero-order valence-electron chi connectivity index (χ0n) is 12.9. The molecule has 0 unspecified atom stereocenters. The summed E-state index contributed by atoms with van der Waals surface area (Å²) in [4.78, 5) is 35.0. The minimum atomic E-state index is -0.902. The van der Waals surface area contributed by atoms with Gasteiger partial charge in [0.05, 0.1) is 19.4 Å². The van der Waals surface area contributed by atoms with Crippen LogP contribution in [0.3, 0.4) is 0 Å². The van der Waals surface area contributed by atoms with E-state index in [1.54, 1.807) is 13.8 Å². The standard InChI is InChI=1S/C16H22N2O4/c1-3-22-14(20)9-11(2)15(16(17)21)18-13(19)10-12-7-5-4-6-8-12/h4-8,11,15H,3,9-10H2,1-2H3,(H2,17,21)(H,18,19)/t11-,15-/m0/s1. The Bertz CT molecular complexity index is 516. The molecule has 6 nitrogen and oxygen atoms in total. The normalized spacial score (nSPS) is 13.0. The number of hydrogen-bond acceptors (Lipinski definition) is 4. The van der Waals surface area contributed by atoms with Gasteiger partial charge >= 0.3 is 5.97 Å². The topological polar surface area (TPSA) is 98.5 Å². The van der Waals surface area contributed by atoms with Gasteiger partial charge in [-0.25, -0.2) is 0 Å². The maximum absolute atomic E-state index is 12.0. The van der Waals surface area contributed by atoms with E-state index in [-0.39, 0.29) is 25.4 Å². The second-order valence-electron chi connectivity index (χ2n) is 5.10. The van der Waals surface area contributed by atoms with Crippen LogP contribution in [0, 0.1) is 5.92 Å². The number of primary amides is 1. The molecule has 22 heavy (non-hydrogen) atoms. The number of amides is 2. The van der Waals surface area contributed by atoms with E-state index in [4.69, 9.17) is 10.5 Å². The Morgan fingerprint density at radius 2 is 1.86 bits per heavy atom. The SMILES string of the molecule is CCOC(=O)C[C@H](C)[C@H](NC(=O)Cc1ccccc1)C(N)=O. The maximum Gasteiger partial charge on any atom is 0.306 e. The average molecular weight is 306 g/mol. The highest BCUT2D eigenvalue weighted by Crippen LogP contribution is 2.10. The molecule has 0 heterocycles. The van der Waals surface area contributed by atoms with Gasteiger partial charge in [-0.15, -0.1) is 0 Å². The van der Waals surface area contributed by atoms with Gasteiger partial charge in [-0.05, 0) is 18.4 Å². The summed E-state index contributed by atoms with van der Waals surface area (Å²) in [6, 6.07) is 8.26. The second-order valence-corrected chi connectivity index (χ2v) is 5.10. The van der Waals surface area contributed by atoms with Gasteiger partial charge in [0.15, 0.2) is 0 Å². The molecule has 2 atom stereocenters. The van der Waals surface area contributed by atoms with Gasteiger partial charge < -0.3 is 15.8 Å². The Labute approximate surface area is 130 Å². The van der Waals surface area contributed by atoms with E-state index < -0.39 is 23.8 Å². The third-order valence-electron chi connectivity index (χ3n) is 3.19. The first-order chi connectivity index (χ1) is 10.4. The van der Waals surface area contributed by atoms with Crippen LogP contribution in [0.5, 0.6) is 0 Å². The molecule has 120 valence electrons. The van der Waals surface area contributed by atoms with Crippen LogP contribution in [0.2, 0.25) is 0 Å². The van der Waals surface area contributed by atoms with E-state index in [9.17, 15) is 14.4 Å². The third-order valence-corrected chi connectivity index (χ3v) is 3.19. The number of carbonyl (C=O) groups is 3. The highest BCUT2D eigenvalue weighted by molar-refractivity contribution is 5.88. The van der Waals surface area contributed by atoms with Crippen LogP contribution < -0.4 is 11.1 Å². The lowest BCUT2D eigenvalue weighted by molar-refractivity contribution is -0.144. The highest BCUT2D eigenvalue weighted by atomic mass is 16.5. The molecular formula is C16H22N2O4. The fourth-order valence-electron chi connectivity index (χ4n) is 2.10. The Kier molecular flexibility index (Phi) is 7.08. The predicted octanol–water partition coefficient (Wildman–Crippen LogP) is 0.788. The van der Waals surface area contributed by atoms with Crippen LogP contribution in [0.1, 0.15) is 25.8 Å². The number of hydrogen-bond donors (Lipinski definition) is 2. The number of benzene rings is 1. The van der Waals surface area contributed by atoms with E-state index in [1.165, 1.54) is 0 Å². The lowest BCUT2D eigenvalue weighted by Crippen LogP contribution is -2.49. The molecule has 6 heteroatoms. The fraction of sp³-hybridized carbons (Fsp3) is 0.438. The fourth-order valence-corrected chi connectivity index (χ4v) is 2.10. The van der Waals surface area contributed by atoms with Crippen molar-refractivity contribution < 1.29 is 19.1 Å². The Balaban J connectivity index is 2.61. The molecule has 0 radical (unpaired) electrons. The zero-order chi connectivity index (χ0) is 16.5. The predicted molar refractivity (Wildman–Crippen MR) is 81.7 cm³/mol. The van der Waals surface area contributed by atoms with Crippen molar-refractivity contribution in [2.45, 2.75) is 32.7 Å². The summed E-state index contributed by atoms with van der Waals surface area (Å²) < 4.78 is 4.84. The molecule has 0 aliphatic rings. The molecule has 0 aliphatic carbocycles. The first-order valence-corrected chi connectivity index (χ1v) is 7.22. The Morgan fingerprint density at radius 1 is 1.23 bits per heavy atom. The van der Waals surface area contributed by atoms with Crippen LogP contribution >= 0.6 is 0 Å². The van der Waals surface area contributed by atoms with Crippen molar-refractivity contribution in [3.05, 3.63) is 35.9 Å². The molecule has 1 rings (SSSR count). The van der Waals surface area contributed by atoms with Crippen LogP contribution in [0.25, 0.3) is 0 Å². The van der Waals surface area contributed by atoms with E-state index in [0.717, 1.165) is 5.56 Å². The van der Waals surface area contributed by atoms with Crippen molar-refractivity contribution in [1.82, 2.24) is 5.32 Å². The van der Waals surface area contributed by atoms with Gasteiger partial charge in [-0.3, -0.25) is 14.4 Å². The van der Waals surface area contributed by atoms with Crippen molar-refractivity contribution in [2.75, 3.05) is 6.61 Å². The Morgan fingerprint density at radius 3 is 2.41 bits per heavy atom. The van der Waals surface area contributed by atoms with Crippen LogP contribution in [-0.2, 0) is 25.5 Å². The number of esters is 1. The molecule has 0 spiro atoms. The van der Waals surface area contributed by atoms with Crippen molar-refractivity contribution in [3.8, 4) is 0 Å². The number of ether oxygens (including phenoxy) is 1. The number of rotatable bonds is 8. The molecule has 0 aromatic heterocycles. The van der Waals surface area contributed by atoms with Gasteiger partial charge in [0.2, 0.25) is 11.8 Å². The summed E-state index contributed by atoms with van der Waals surface area (Å²) in [5.74, 6) is -1.83. The highest BCUT2D eigenvalue weighted by Gasteiger charge is 2.27. The molecule has 0 bridgehead atoms. The van der Waals surface area contributed by atoms with Gasteiger partial charge in [0.25, 0.3) is 0 Å². The minimum Gasteiger partial charge on any atom is -0.466 e. The van der Waals surface area contributed by atoms with E-state index in [2.05, 4.69) is 5.32 Å². The van der Waals surface area contributed by atoms with Crippen LogP contribution in [0.4, 0.5) is 0 Å². The van der Waals surface area contributed by atoms with Gasteiger partial charge in [-0.2, -0.15) is 0 Å². The molecule has 0 saturated heterocycles. The molecule has 3 N–H and O–H groups in total. The maximum atomic E-state index is 12.0. The van der Waals surface area contributed by atoms with Crippen LogP contribution in [0.15, 0.2) is 30.3 Å². The quantitative estimate of drug-likeness (QED) is 0.694. The van der Waals surface area contributed by atoms with E-state index in [0.29, 0.717) is 0 Å². The van der Waals surface area contributed by atoms with Gasteiger partial charge in [0, 0.05) is 0 Å². The van der Waals surface area contributed by atoms with Crippen LogP contribution in [-0.4, -0.2) is 30.4 Å². The number of carbonyl (C=O) groups excluding carboxylic acids is 3. The van der Waals surface area contributed by atoms with E-state index >= 15 is 0 Å². The van der Waals surface area contributed by atoms with Gasteiger partial charge in [-0.1, -0.05) is 37.3 Å². The summed E-state index contributed by atoms with van der Waals surface area (Å²) in [7, 11) is 0. The zero-order valence-corrected chi connectivity index (χ0v) is 12.9. The third kappa shape index (κ3) is 5.95. The first-order valence-electron chi connectivity index (χ1n) is 7.22. The number of nitrogens with two attached hydrogens (primary N) is 1. The summed E-state index contributed by atoms with van der Waals surface area (Å²) in [6.45, 7) is 3.65. The lowest BCUT2D eigenvalue weighted by atomic mass is 9.97.